The smallest absolute Gasteiger partial charge is 0.264 e. The van der Waals surface area contributed by atoms with Gasteiger partial charge in [0.1, 0.15) is 0 Å². The number of aliphatic hydroxyl groups is 1. The zero-order chi connectivity index (χ0) is 13.5. The van der Waals surface area contributed by atoms with Gasteiger partial charge in [-0.2, -0.15) is 0 Å². The molecule has 3 nitrogen and oxygen atoms in total. The minimum absolute atomic E-state index is 0.0142. The van der Waals surface area contributed by atoms with Crippen LogP contribution in [0.15, 0.2) is 41.8 Å². The fourth-order valence-electron chi connectivity index (χ4n) is 2.38. The number of likely N-dealkylation sites (tertiary alicyclic amines) is 1. The number of rotatable bonds is 2. The molecule has 4 heteroatoms. The van der Waals surface area contributed by atoms with Crippen molar-refractivity contribution in [1.82, 2.24) is 4.90 Å². The summed E-state index contributed by atoms with van der Waals surface area (Å²) in [4.78, 5) is 14.8. The Hall–Kier alpha value is -1.65. The molecule has 1 aliphatic heterocycles. The van der Waals surface area contributed by atoms with Crippen molar-refractivity contribution in [3.8, 4) is 11.1 Å². The minimum Gasteiger partial charge on any atom is -0.386 e. The Labute approximate surface area is 116 Å². The number of thiophene rings is 1. The van der Waals surface area contributed by atoms with E-state index in [-0.39, 0.29) is 5.91 Å². The van der Waals surface area contributed by atoms with E-state index in [1.807, 2.05) is 41.8 Å². The minimum atomic E-state index is -0.722. The summed E-state index contributed by atoms with van der Waals surface area (Å²) >= 11 is 1.46. The molecule has 0 unspecified atom stereocenters. The Morgan fingerprint density at radius 3 is 2.58 bits per heavy atom. The van der Waals surface area contributed by atoms with Crippen molar-refractivity contribution in [3.63, 3.8) is 0 Å². The summed E-state index contributed by atoms with van der Waals surface area (Å²) in [5.41, 5.74) is 1.31. The number of nitrogens with zero attached hydrogens (tertiary/aromatic N) is 1. The first-order chi connectivity index (χ1) is 9.07. The Morgan fingerprint density at radius 2 is 1.95 bits per heavy atom. The number of hydrogen-bond acceptors (Lipinski definition) is 3. The second-order valence-electron chi connectivity index (χ2n) is 5.19. The van der Waals surface area contributed by atoms with Crippen molar-refractivity contribution in [1.29, 1.82) is 0 Å². The highest BCUT2D eigenvalue weighted by Gasteiger charge is 2.40. The molecule has 0 bridgehead atoms. The molecule has 19 heavy (non-hydrogen) atoms. The van der Waals surface area contributed by atoms with Crippen LogP contribution in [-0.4, -0.2) is 34.6 Å². The number of β-amino-alcohol motifs (C(OH)–C–C–N with tert-alkyl or cyclic N) is 1. The average molecular weight is 273 g/mol. The van der Waals surface area contributed by atoms with Gasteiger partial charge in [0.15, 0.2) is 0 Å². The molecule has 0 spiro atoms. The monoisotopic (exact) mass is 273 g/mol. The van der Waals surface area contributed by atoms with Crippen LogP contribution in [0.5, 0.6) is 0 Å². The van der Waals surface area contributed by atoms with E-state index in [1.54, 1.807) is 11.8 Å². The number of benzene rings is 1. The van der Waals surface area contributed by atoms with Gasteiger partial charge >= 0.3 is 0 Å². The molecule has 1 N–H and O–H groups in total. The molecule has 98 valence electrons. The number of carbonyl (C=O) groups excluding carboxylic acids is 1. The van der Waals surface area contributed by atoms with E-state index < -0.39 is 5.60 Å². The summed E-state index contributed by atoms with van der Waals surface area (Å²) in [6, 6.07) is 11.9. The van der Waals surface area contributed by atoms with Gasteiger partial charge in [0.25, 0.3) is 5.91 Å². The molecule has 0 saturated carbocycles. The fraction of sp³-hybridized carbons (Fsp3) is 0.267. The van der Waals surface area contributed by atoms with Gasteiger partial charge in [-0.15, -0.1) is 11.3 Å². The predicted octanol–water partition coefficient (Wildman–Crippen LogP) is 2.62. The lowest BCUT2D eigenvalue weighted by Crippen LogP contribution is -2.61. The highest BCUT2D eigenvalue weighted by molar-refractivity contribution is 7.12. The van der Waals surface area contributed by atoms with E-state index in [0.717, 1.165) is 16.0 Å². The number of amides is 1. The van der Waals surface area contributed by atoms with Crippen LogP contribution in [0.4, 0.5) is 0 Å². The maximum atomic E-state index is 12.4. The molecular formula is C15H15NO2S. The Kier molecular flexibility index (Phi) is 2.92. The summed E-state index contributed by atoms with van der Waals surface area (Å²) in [5.74, 6) is 0.0142. The lowest BCUT2D eigenvalue weighted by atomic mass is 9.96. The van der Waals surface area contributed by atoms with Crippen LogP contribution >= 0.6 is 11.3 Å². The van der Waals surface area contributed by atoms with Crippen LogP contribution in [0.3, 0.4) is 0 Å². The molecule has 0 atom stereocenters. The van der Waals surface area contributed by atoms with Gasteiger partial charge in [0.2, 0.25) is 0 Å². The topological polar surface area (TPSA) is 40.5 Å². The highest BCUT2D eigenvalue weighted by atomic mass is 32.1. The second-order valence-corrected chi connectivity index (χ2v) is 6.10. The van der Waals surface area contributed by atoms with Crippen molar-refractivity contribution in [3.05, 3.63) is 46.7 Å². The average Bonchev–Trinajstić information content (AvgIpc) is 2.85. The van der Waals surface area contributed by atoms with Crippen molar-refractivity contribution in [2.75, 3.05) is 13.1 Å². The van der Waals surface area contributed by atoms with Gasteiger partial charge < -0.3 is 10.0 Å². The molecule has 0 radical (unpaired) electrons. The zero-order valence-electron chi connectivity index (χ0n) is 10.7. The summed E-state index contributed by atoms with van der Waals surface area (Å²) in [6.45, 7) is 2.58. The normalized spacial score (nSPS) is 17.1. The van der Waals surface area contributed by atoms with Crippen molar-refractivity contribution in [2.45, 2.75) is 12.5 Å². The van der Waals surface area contributed by atoms with E-state index in [0.29, 0.717) is 13.1 Å². The first kappa shape index (κ1) is 12.4. The Bertz CT molecular complexity index is 596. The molecule has 1 saturated heterocycles. The summed E-state index contributed by atoms with van der Waals surface area (Å²) in [5, 5.41) is 11.7. The SMILES string of the molecule is CC1(O)CN(C(=O)c2sccc2-c2ccccc2)C1. The standard InChI is InChI=1S/C15H15NO2S/c1-15(18)9-16(10-15)14(17)13-12(7-8-19-13)11-5-3-2-4-6-11/h2-8,18H,9-10H2,1H3. The number of hydrogen-bond donors (Lipinski definition) is 1. The highest BCUT2D eigenvalue weighted by Crippen LogP contribution is 2.31. The predicted molar refractivity (Wildman–Crippen MR) is 76.3 cm³/mol. The third kappa shape index (κ3) is 2.29. The van der Waals surface area contributed by atoms with E-state index in [1.165, 1.54) is 11.3 Å². The van der Waals surface area contributed by atoms with E-state index >= 15 is 0 Å². The van der Waals surface area contributed by atoms with Crippen LogP contribution in [0.25, 0.3) is 11.1 Å². The van der Waals surface area contributed by atoms with Crippen LogP contribution in [0.2, 0.25) is 0 Å². The van der Waals surface area contributed by atoms with E-state index in [4.69, 9.17) is 0 Å². The third-order valence-corrected chi connectivity index (χ3v) is 4.20. The van der Waals surface area contributed by atoms with E-state index in [9.17, 15) is 9.90 Å². The first-order valence-corrected chi connectivity index (χ1v) is 7.09. The van der Waals surface area contributed by atoms with Crippen molar-refractivity contribution >= 4 is 17.2 Å². The molecular weight excluding hydrogens is 258 g/mol. The third-order valence-electron chi connectivity index (χ3n) is 3.29. The van der Waals surface area contributed by atoms with Crippen molar-refractivity contribution < 1.29 is 9.90 Å². The summed E-state index contributed by atoms with van der Waals surface area (Å²) < 4.78 is 0. The van der Waals surface area contributed by atoms with Crippen molar-refractivity contribution in [2.24, 2.45) is 0 Å². The second kappa shape index (κ2) is 4.47. The van der Waals surface area contributed by atoms with Crippen LogP contribution < -0.4 is 0 Å². The van der Waals surface area contributed by atoms with Crippen LogP contribution in [-0.2, 0) is 0 Å². The maximum Gasteiger partial charge on any atom is 0.264 e. The lowest BCUT2D eigenvalue weighted by Gasteiger charge is -2.44. The van der Waals surface area contributed by atoms with Gasteiger partial charge in [0, 0.05) is 5.56 Å². The molecule has 1 aromatic carbocycles. The molecule has 1 fully saturated rings. The summed E-state index contributed by atoms with van der Waals surface area (Å²) in [7, 11) is 0. The maximum absolute atomic E-state index is 12.4. The molecule has 2 heterocycles. The van der Waals surface area contributed by atoms with Gasteiger partial charge in [0.05, 0.1) is 23.6 Å². The zero-order valence-corrected chi connectivity index (χ0v) is 11.5. The Morgan fingerprint density at radius 1 is 1.26 bits per heavy atom. The molecule has 3 rings (SSSR count). The number of carbonyl (C=O) groups is 1. The first-order valence-electron chi connectivity index (χ1n) is 6.21. The quantitative estimate of drug-likeness (QED) is 0.913. The fourth-order valence-corrected chi connectivity index (χ4v) is 3.27. The molecule has 1 aliphatic rings. The largest absolute Gasteiger partial charge is 0.386 e. The molecule has 1 amide bonds. The summed E-state index contributed by atoms with van der Waals surface area (Å²) in [6.07, 6.45) is 0. The molecule has 1 aromatic heterocycles. The molecule has 2 aromatic rings. The van der Waals surface area contributed by atoms with Gasteiger partial charge in [-0.1, -0.05) is 30.3 Å². The Balaban J connectivity index is 1.87. The van der Waals surface area contributed by atoms with Gasteiger partial charge in [-0.25, -0.2) is 0 Å². The molecule has 0 aliphatic carbocycles. The van der Waals surface area contributed by atoms with Crippen LogP contribution in [0.1, 0.15) is 16.6 Å². The van der Waals surface area contributed by atoms with E-state index in [2.05, 4.69) is 0 Å². The van der Waals surface area contributed by atoms with Crippen LogP contribution in [0, 0.1) is 0 Å². The van der Waals surface area contributed by atoms with Gasteiger partial charge in [-0.3, -0.25) is 4.79 Å². The van der Waals surface area contributed by atoms with Gasteiger partial charge in [-0.05, 0) is 23.9 Å². The lowest BCUT2D eigenvalue weighted by molar-refractivity contribution is -0.0666.